The van der Waals surface area contributed by atoms with E-state index in [1.807, 2.05) is 0 Å². The van der Waals surface area contributed by atoms with Crippen LogP contribution in [0.15, 0.2) is 0 Å². The normalized spacial score (nSPS) is 32.2. The second-order valence-corrected chi connectivity index (χ2v) is 5.81. The third-order valence-electron chi connectivity index (χ3n) is 4.70. The van der Waals surface area contributed by atoms with Crippen LogP contribution in [0, 0.1) is 17.3 Å². The van der Waals surface area contributed by atoms with Crippen molar-refractivity contribution < 1.29 is 0 Å². The molecule has 1 aliphatic carbocycles. The van der Waals surface area contributed by atoms with Crippen LogP contribution in [0.4, 0.5) is 0 Å². The highest BCUT2D eigenvalue weighted by Gasteiger charge is 2.36. The Morgan fingerprint density at radius 1 is 1.27 bits per heavy atom. The van der Waals surface area contributed by atoms with Gasteiger partial charge in [-0.05, 0) is 49.5 Å². The first-order valence-electron chi connectivity index (χ1n) is 6.84. The highest BCUT2D eigenvalue weighted by molar-refractivity contribution is 4.88. The highest BCUT2D eigenvalue weighted by Crippen LogP contribution is 2.44. The third-order valence-corrected chi connectivity index (χ3v) is 4.70. The van der Waals surface area contributed by atoms with Crippen LogP contribution in [0.3, 0.4) is 0 Å². The predicted octanol–water partition coefficient (Wildman–Crippen LogP) is 3.97. The molecule has 1 nitrogen and oxygen atoms in total. The zero-order valence-electron chi connectivity index (χ0n) is 10.9. The SMILES string of the molecule is CCCCC1CCC(CN)(C(C)C)CC1. The summed E-state index contributed by atoms with van der Waals surface area (Å²) in [6.07, 6.45) is 9.82. The number of hydrogen-bond acceptors (Lipinski definition) is 1. The van der Waals surface area contributed by atoms with Crippen molar-refractivity contribution in [3.63, 3.8) is 0 Å². The Morgan fingerprint density at radius 2 is 1.87 bits per heavy atom. The van der Waals surface area contributed by atoms with Gasteiger partial charge in [0.05, 0.1) is 0 Å². The van der Waals surface area contributed by atoms with E-state index >= 15 is 0 Å². The van der Waals surface area contributed by atoms with Gasteiger partial charge >= 0.3 is 0 Å². The third kappa shape index (κ3) is 3.21. The van der Waals surface area contributed by atoms with E-state index in [2.05, 4.69) is 20.8 Å². The number of unbranched alkanes of at least 4 members (excludes halogenated alkanes) is 1. The van der Waals surface area contributed by atoms with Gasteiger partial charge in [-0.1, -0.05) is 40.0 Å². The van der Waals surface area contributed by atoms with Gasteiger partial charge < -0.3 is 5.73 Å². The molecular formula is C14H29N. The molecule has 1 aliphatic rings. The van der Waals surface area contributed by atoms with Gasteiger partial charge in [0.25, 0.3) is 0 Å². The van der Waals surface area contributed by atoms with Crippen LogP contribution in [-0.4, -0.2) is 6.54 Å². The van der Waals surface area contributed by atoms with Gasteiger partial charge in [-0.25, -0.2) is 0 Å². The molecule has 1 saturated carbocycles. The lowest BCUT2D eigenvalue weighted by atomic mass is 9.64. The van der Waals surface area contributed by atoms with Crippen LogP contribution in [0.25, 0.3) is 0 Å². The zero-order valence-corrected chi connectivity index (χ0v) is 10.9. The summed E-state index contributed by atoms with van der Waals surface area (Å²) in [5, 5.41) is 0. The lowest BCUT2D eigenvalue weighted by molar-refractivity contribution is 0.0962. The second kappa shape index (κ2) is 5.89. The minimum atomic E-state index is 0.475. The van der Waals surface area contributed by atoms with Crippen LogP contribution in [0.5, 0.6) is 0 Å². The van der Waals surface area contributed by atoms with Crippen LogP contribution in [-0.2, 0) is 0 Å². The standard InChI is InChI=1S/C14H29N/c1-4-5-6-13-7-9-14(11-15,10-8-13)12(2)3/h12-13H,4-11,15H2,1-3H3. The van der Waals surface area contributed by atoms with Crippen LogP contribution in [0.1, 0.15) is 65.7 Å². The fraction of sp³-hybridized carbons (Fsp3) is 1.00. The van der Waals surface area contributed by atoms with Crippen molar-refractivity contribution in [2.45, 2.75) is 65.7 Å². The molecule has 0 aromatic heterocycles. The van der Waals surface area contributed by atoms with E-state index in [0.717, 1.165) is 18.4 Å². The molecule has 0 heterocycles. The van der Waals surface area contributed by atoms with Crippen molar-refractivity contribution in [2.75, 3.05) is 6.54 Å². The van der Waals surface area contributed by atoms with Gasteiger partial charge in [-0.3, -0.25) is 0 Å². The van der Waals surface area contributed by atoms with Crippen molar-refractivity contribution >= 4 is 0 Å². The Balaban J connectivity index is 2.39. The molecule has 0 aromatic rings. The van der Waals surface area contributed by atoms with Crippen molar-refractivity contribution in [3.8, 4) is 0 Å². The quantitative estimate of drug-likeness (QED) is 0.731. The molecule has 2 N–H and O–H groups in total. The molecule has 1 heteroatoms. The van der Waals surface area contributed by atoms with Gasteiger partial charge in [-0.15, -0.1) is 0 Å². The van der Waals surface area contributed by atoms with E-state index < -0.39 is 0 Å². The molecule has 0 aliphatic heterocycles. The van der Waals surface area contributed by atoms with E-state index in [1.165, 1.54) is 44.9 Å². The van der Waals surface area contributed by atoms with Gasteiger partial charge in [-0.2, -0.15) is 0 Å². The summed E-state index contributed by atoms with van der Waals surface area (Å²) in [5.74, 6) is 1.76. The molecule has 1 rings (SSSR count). The maximum atomic E-state index is 5.98. The summed E-state index contributed by atoms with van der Waals surface area (Å²) in [7, 11) is 0. The number of nitrogens with two attached hydrogens (primary N) is 1. The Bertz CT molecular complexity index is 166. The van der Waals surface area contributed by atoms with E-state index in [0.29, 0.717) is 5.41 Å². The fourth-order valence-electron chi connectivity index (χ4n) is 3.05. The van der Waals surface area contributed by atoms with E-state index in [1.54, 1.807) is 0 Å². The largest absolute Gasteiger partial charge is 0.330 e. The van der Waals surface area contributed by atoms with E-state index in [9.17, 15) is 0 Å². The summed E-state index contributed by atoms with van der Waals surface area (Å²) < 4.78 is 0. The lowest BCUT2D eigenvalue weighted by Crippen LogP contribution is -2.39. The Kier molecular flexibility index (Phi) is 5.11. The van der Waals surface area contributed by atoms with Crippen molar-refractivity contribution in [1.29, 1.82) is 0 Å². The fourth-order valence-corrected chi connectivity index (χ4v) is 3.05. The molecule has 90 valence electrons. The predicted molar refractivity (Wildman–Crippen MR) is 67.8 cm³/mol. The van der Waals surface area contributed by atoms with Gasteiger partial charge in [0.2, 0.25) is 0 Å². The average Bonchev–Trinajstić information content (AvgIpc) is 2.27. The summed E-state index contributed by atoms with van der Waals surface area (Å²) in [5.41, 5.74) is 6.46. The molecule has 0 spiro atoms. The maximum absolute atomic E-state index is 5.98. The summed E-state index contributed by atoms with van der Waals surface area (Å²) in [4.78, 5) is 0. The monoisotopic (exact) mass is 211 g/mol. The molecule has 0 saturated heterocycles. The molecule has 1 fully saturated rings. The van der Waals surface area contributed by atoms with Crippen LogP contribution < -0.4 is 5.73 Å². The van der Waals surface area contributed by atoms with Crippen molar-refractivity contribution in [1.82, 2.24) is 0 Å². The average molecular weight is 211 g/mol. The zero-order chi connectivity index (χ0) is 11.3. The second-order valence-electron chi connectivity index (χ2n) is 5.81. The van der Waals surface area contributed by atoms with Gasteiger partial charge in [0.1, 0.15) is 0 Å². The highest BCUT2D eigenvalue weighted by atomic mass is 14.6. The van der Waals surface area contributed by atoms with E-state index in [-0.39, 0.29) is 0 Å². The van der Waals surface area contributed by atoms with Crippen molar-refractivity contribution in [2.24, 2.45) is 23.0 Å². The van der Waals surface area contributed by atoms with Gasteiger partial charge in [0, 0.05) is 0 Å². The molecule has 0 amide bonds. The smallest absolute Gasteiger partial charge is 0.00181 e. The lowest BCUT2D eigenvalue weighted by Gasteiger charge is -2.42. The molecule has 0 bridgehead atoms. The van der Waals surface area contributed by atoms with E-state index in [4.69, 9.17) is 5.73 Å². The first-order chi connectivity index (χ1) is 7.14. The minimum Gasteiger partial charge on any atom is -0.330 e. The molecule has 0 unspecified atom stereocenters. The summed E-state index contributed by atoms with van der Waals surface area (Å²) >= 11 is 0. The Labute approximate surface area is 95.8 Å². The number of hydrogen-bond donors (Lipinski definition) is 1. The number of rotatable bonds is 5. The molecule has 0 radical (unpaired) electrons. The van der Waals surface area contributed by atoms with Crippen molar-refractivity contribution in [3.05, 3.63) is 0 Å². The minimum absolute atomic E-state index is 0.475. The summed E-state index contributed by atoms with van der Waals surface area (Å²) in [6.45, 7) is 7.88. The molecule has 0 atom stereocenters. The molecular weight excluding hydrogens is 182 g/mol. The van der Waals surface area contributed by atoms with Gasteiger partial charge in [0.15, 0.2) is 0 Å². The molecule has 15 heavy (non-hydrogen) atoms. The van der Waals surface area contributed by atoms with Crippen LogP contribution >= 0.6 is 0 Å². The Hall–Kier alpha value is -0.0400. The molecule has 0 aromatic carbocycles. The maximum Gasteiger partial charge on any atom is -0.00181 e. The first kappa shape index (κ1) is 13.0. The topological polar surface area (TPSA) is 26.0 Å². The first-order valence-corrected chi connectivity index (χ1v) is 6.84. The van der Waals surface area contributed by atoms with Crippen LogP contribution in [0.2, 0.25) is 0 Å². The Morgan fingerprint density at radius 3 is 2.27 bits per heavy atom. The summed E-state index contributed by atoms with van der Waals surface area (Å²) in [6, 6.07) is 0.